The number of hydrogen-bond acceptors (Lipinski definition) is 13. The van der Waals surface area contributed by atoms with Crippen LogP contribution in [-0.4, -0.2) is 73.3 Å². The van der Waals surface area contributed by atoms with Gasteiger partial charge in [-0.15, -0.1) is 56.9 Å². The van der Waals surface area contributed by atoms with E-state index in [1.54, 1.807) is 43.8 Å². The molecule has 0 atom stereocenters. The van der Waals surface area contributed by atoms with Crippen molar-refractivity contribution in [2.24, 2.45) is 0 Å². The van der Waals surface area contributed by atoms with E-state index in [1.807, 2.05) is 41.5 Å². The van der Waals surface area contributed by atoms with Gasteiger partial charge in [0.1, 0.15) is 26.2 Å². The van der Waals surface area contributed by atoms with E-state index in [0.717, 1.165) is 68.6 Å². The molecule has 2 aliphatic rings. The second-order valence-electron chi connectivity index (χ2n) is 18.1. The quantitative estimate of drug-likeness (QED) is 0.0941. The van der Waals surface area contributed by atoms with Crippen LogP contribution in [-0.2, 0) is 45.0 Å². The second kappa shape index (κ2) is 20.7. The number of carbonyl (C=O) groups excluding carboxylic acids is 4. The zero-order valence-corrected chi connectivity index (χ0v) is 43.7. The normalized spacial score (nSPS) is 13.5. The van der Waals surface area contributed by atoms with Crippen molar-refractivity contribution in [3.05, 3.63) is 80.1 Å². The van der Waals surface area contributed by atoms with Gasteiger partial charge < -0.3 is 30.3 Å². The number of halogens is 2. The summed E-state index contributed by atoms with van der Waals surface area (Å²) in [6.45, 7) is 25.4. The Balaban J connectivity index is 0.000000196. The zero-order chi connectivity index (χ0) is 48.4. The van der Waals surface area contributed by atoms with Gasteiger partial charge in [-0.3, -0.25) is 9.59 Å². The number of nitrogen functional groups attached to an aromatic ring is 1. The average Bonchev–Trinajstić information content (AvgIpc) is 3.98. The molecule has 352 valence electrons. The van der Waals surface area contributed by atoms with Crippen LogP contribution in [0.15, 0.2) is 36.9 Å². The van der Waals surface area contributed by atoms with E-state index in [-0.39, 0.29) is 29.8 Å². The van der Waals surface area contributed by atoms with E-state index in [1.165, 1.54) is 49.9 Å². The number of nitrogens with one attached hydrogen (secondary N) is 1. The van der Waals surface area contributed by atoms with Gasteiger partial charge >= 0.3 is 12.2 Å². The lowest BCUT2D eigenvalue weighted by Crippen LogP contribution is -2.39. The van der Waals surface area contributed by atoms with Gasteiger partial charge in [0.15, 0.2) is 0 Å². The van der Waals surface area contributed by atoms with Crippen molar-refractivity contribution < 1.29 is 28.7 Å². The third kappa shape index (κ3) is 12.3. The van der Waals surface area contributed by atoms with Crippen LogP contribution in [0, 0.1) is 27.7 Å². The molecule has 0 fully saturated rings. The largest absolute Gasteiger partial charge is 0.444 e. The third-order valence-corrected chi connectivity index (χ3v) is 15.2. The lowest BCUT2D eigenvalue weighted by molar-refractivity contribution is -0.112. The number of thiophene rings is 2. The number of amides is 3. The Morgan fingerprint density at radius 1 is 0.742 bits per heavy atom. The molecule has 66 heavy (non-hydrogen) atoms. The monoisotopic (exact) mass is 1010 g/mol. The smallest absolute Gasteiger partial charge is 0.410 e. The van der Waals surface area contributed by atoms with Crippen molar-refractivity contribution in [3.8, 4) is 21.1 Å². The first-order valence-corrected chi connectivity index (χ1v) is 25.6. The van der Waals surface area contributed by atoms with E-state index >= 15 is 0 Å². The molecule has 12 nitrogen and oxygen atoms in total. The lowest BCUT2D eigenvalue weighted by atomic mass is 10.0. The fourth-order valence-corrected chi connectivity index (χ4v) is 12.3. The van der Waals surface area contributed by atoms with E-state index in [9.17, 15) is 19.2 Å². The van der Waals surface area contributed by atoms with Crippen molar-refractivity contribution in [3.63, 3.8) is 0 Å². The molecular formula is C48H56Cl2N6O6S4. The molecule has 0 spiro atoms. The van der Waals surface area contributed by atoms with Crippen molar-refractivity contribution >= 4 is 122 Å². The third-order valence-electron chi connectivity index (χ3n) is 10.6. The fourth-order valence-electron chi connectivity index (χ4n) is 7.15. The molecule has 6 aromatic rings. The van der Waals surface area contributed by atoms with Gasteiger partial charge in [-0.2, -0.15) is 0 Å². The van der Waals surface area contributed by atoms with Gasteiger partial charge in [0, 0.05) is 46.3 Å². The average molecular weight is 1010 g/mol. The summed E-state index contributed by atoms with van der Waals surface area (Å²) in [5, 5.41) is 5.97. The molecule has 2 aliphatic heterocycles. The van der Waals surface area contributed by atoms with E-state index < -0.39 is 11.2 Å². The fraction of sp³-hybridized carbons (Fsp3) is 0.417. The van der Waals surface area contributed by atoms with Gasteiger partial charge in [-0.05, 0) is 157 Å². The number of thiazole rings is 2. The number of rotatable bonds is 6. The molecule has 6 heterocycles. The number of alkyl halides is 1. The second-order valence-corrected chi connectivity index (χ2v) is 23.2. The molecule has 2 aromatic carbocycles. The maximum absolute atomic E-state index is 12.6. The van der Waals surface area contributed by atoms with Crippen molar-refractivity contribution in [1.29, 1.82) is 0 Å². The minimum absolute atomic E-state index is 0.262. The Morgan fingerprint density at radius 2 is 1.18 bits per heavy atom. The molecule has 0 unspecified atom stereocenters. The first-order chi connectivity index (χ1) is 30.9. The van der Waals surface area contributed by atoms with Gasteiger partial charge in [-0.25, -0.2) is 19.6 Å². The van der Waals surface area contributed by atoms with Crippen molar-refractivity contribution in [2.75, 3.05) is 30.0 Å². The summed E-state index contributed by atoms with van der Waals surface area (Å²) in [7, 11) is 0. The molecule has 0 aliphatic carbocycles. The summed E-state index contributed by atoms with van der Waals surface area (Å²) in [6.07, 6.45) is 2.39. The maximum Gasteiger partial charge on any atom is 0.410 e. The van der Waals surface area contributed by atoms with Crippen LogP contribution in [0.3, 0.4) is 0 Å². The minimum Gasteiger partial charge on any atom is -0.444 e. The van der Waals surface area contributed by atoms with Gasteiger partial charge in [0.2, 0.25) is 11.1 Å². The highest BCUT2D eigenvalue weighted by Crippen LogP contribution is 2.47. The number of fused-ring (bicyclic) bond motifs is 4. The molecule has 0 radical (unpaired) electrons. The zero-order valence-electron chi connectivity index (χ0n) is 39.0. The number of anilines is 2. The van der Waals surface area contributed by atoms with Gasteiger partial charge in [0.05, 0.1) is 38.5 Å². The maximum atomic E-state index is 12.6. The van der Waals surface area contributed by atoms with Crippen LogP contribution >= 0.6 is 68.5 Å². The number of nitrogens with two attached hydrogens (primary N) is 1. The first kappa shape index (κ1) is 50.8. The number of nitrogens with zero attached hydrogens (tertiary/aromatic N) is 4. The van der Waals surface area contributed by atoms with Crippen LogP contribution in [0.1, 0.15) is 91.1 Å². The van der Waals surface area contributed by atoms with Crippen LogP contribution in [0.25, 0.3) is 41.6 Å². The molecule has 8 rings (SSSR count). The van der Waals surface area contributed by atoms with Crippen molar-refractivity contribution in [1.82, 2.24) is 19.8 Å². The van der Waals surface area contributed by atoms with Crippen LogP contribution < -0.4 is 11.1 Å². The summed E-state index contributed by atoms with van der Waals surface area (Å²) in [5.41, 5.74) is 16.7. The highest BCUT2D eigenvalue weighted by atomic mass is 35.5. The predicted molar refractivity (Wildman–Crippen MR) is 275 cm³/mol. The number of benzene rings is 2. The predicted octanol–water partition coefficient (Wildman–Crippen LogP) is 13.0. The van der Waals surface area contributed by atoms with Crippen LogP contribution in [0.5, 0.6) is 0 Å². The Bertz CT molecular complexity index is 2750. The topological polar surface area (TPSA) is 157 Å². The first-order valence-electron chi connectivity index (χ1n) is 21.4. The summed E-state index contributed by atoms with van der Waals surface area (Å²) in [4.78, 5) is 62.3. The van der Waals surface area contributed by atoms with Gasteiger partial charge in [-0.1, -0.05) is 6.58 Å². The summed E-state index contributed by atoms with van der Waals surface area (Å²) in [6, 6.07) is 8.61. The molecule has 18 heteroatoms. The Hall–Kier alpha value is -4.58. The van der Waals surface area contributed by atoms with Crippen LogP contribution in [0.2, 0.25) is 0 Å². The highest BCUT2D eigenvalue weighted by molar-refractivity contribution is 7.23. The molecule has 3 amide bonds. The SMILES string of the molecule is C=CC(=O)Nc1sc2c(c1-c1nc3cc(C)c(C)cc3s1)CCN(C(=O)OC(C)(C)C)C2.Cc1cc2nc(-c3c(N)sc4c3CCN(C(=O)OC(C)(C)C)C4)sc2cc1C.O=C(Cl)CCCl. The number of ether oxygens (including phenoxy) is 2. The minimum atomic E-state index is -0.543. The molecule has 4 aromatic heterocycles. The summed E-state index contributed by atoms with van der Waals surface area (Å²) < 4.78 is 13.4. The van der Waals surface area contributed by atoms with Gasteiger partial charge in [0.25, 0.3) is 0 Å². The van der Waals surface area contributed by atoms with Crippen molar-refractivity contribution in [2.45, 2.75) is 113 Å². The number of aryl methyl sites for hydroxylation is 4. The summed E-state index contributed by atoms with van der Waals surface area (Å²) in [5.74, 6) is 0.0594. The number of aromatic nitrogens is 2. The lowest BCUT2D eigenvalue weighted by Gasteiger charge is -2.30. The molecule has 3 N–H and O–H groups in total. The highest BCUT2D eigenvalue weighted by Gasteiger charge is 2.33. The van der Waals surface area contributed by atoms with E-state index in [4.69, 9.17) is 48.4 Å². The molecular weight excluding hydrogens is 956 g/mol. The Morgan fingerprint density at radius 3 is 1.61 bits per heavy atom. The Kier molecular flexibility index (Phi) is 16.0. The number of hydrogen-bond donors (Lipinski definition) is 2. The molecule has 0 bridgehead atoms. The number of carbonyl (C=O) groups is 4. The molecule has 0 saturated carbocycles. The van der Waals surface area contributed by atoms with Crippen LogP contribution in [0.4, 0.5) is 19.6 Å². The summed E-state index contributed by atoms with van der Waals surface area (Å²) >= 11 is 16.3. The van der Waals surface area contributed by atoms with E-state index in [2.05, 4.69) is 63.9 Å². The van der Waals surface area contributed by atoms with E-state index in [0.29, 0.717) is 38.5 Å². The Labute approximate surface area is 412 Å². The molecule has 0 saturated heterocycles. The standard InChI is InChI=1S/C24H27N3O3S2.C21H25N3O2S2.C3H4Cl2O/c1-7-19(28)26-22-20(21-25-16-10-13(2)14(3)11-17(16)31-21)15-8-9-27(12-18(15)32-22)23(29)30-24(4,5)6;1-11-8-14-15(9-12(11)2)28-19(23-14)17-13-6-7-24(10-16(13)27-18(17)22)20(25)26-21(3,4)5;4-2-1-3(5)6/h7,10-11H,1,8-9,12H2,2-6H3,(H,26,28);8-9H,6-7,10,22H2,1-5H3;1-2H2.